The maximum Gasteiger partial charge on any atom is 0.338 e. The number of aliphatic hydroxyl groups excluding tert-OH is 3. The second kappa shape index (κ2) is 5.45. The molecule has 1 aromatic rings. The van der Waals surface area contributed by atoms with Crippen LogP contribution < -0.4 is 0 Å². The van der Waals surface area contributed by atoms with Gasteiger partial charge in [0.15, 0.2) is 6.29 Å². The minimum Gasteiger partial charge on any atom is -0.459 e. The van der Waals surface area contributed by atoms with Gasteiger partial charge in [-0.05, 0) is 12.1 Å². The topological polar surface area (TPSA) is 96.2 Å². The lowest BCUT2D eigenvalue weighted by Crippen LogP contribution is -2.34. The molecule has 98 valence electrons. The smallest absolute Gasteiger partial charge is 0.338 e. The van der Waals surface area contributed by atoms with E-state index in [1.807, 2.05) is 0 Å². The lowest BCUT2D eigenvalue weighted by atomic mass is 10.1. The third-order valence-corrected chi connectivity index (χ3v) is 2.73. The molecule has 6 heteroatoms. The van der Waals surface area contributed by atoms with Gasteiger partial charge in [0.05, 0.1) is 5.56 Å². The molecule has 6 nitrogen and oxygen atoms in total. The minimum absolute atomic E-state index is 0.233. The van der Waals surface area contributed by atoms with Gasteiger partial charge >= 0.3 is 5.97 Å². The van der Waals surface area contributed by atoms with Crippen LogP contribution in [0, 0.1) is 0 Å². The van der Waals surface area contributed by atoms with Crippen molar-refractivity contribution in [2.75, 3.05) is 6.61 Å². The molecule has 2 rings (SSSR count). The molecule has 1 aromatic carbocycles. The molecule has 4 atom stereocenters. The largest absolute Gasteiger partial charge is 0.459 e. The molecule has 18 heavy (non-hydrogen) atoms. The normalized spacial score (nSPS) is 31.3. The quantitative estimate of drug-likeness (QED) is 0.616. The van der Waals surface area contributed by atoms with Gasteiger partial charge in [0.1, 0.15) is 24.9 Å². The highest BCUT2D eigenvalue weighted by atomic mass is 16.7. The van der Waals surface area contributed by atoms with Crippen LogP contribution in [0.4, 0.5) is 0 Å². The van der Waals surface area contributed by atoms with Crippen molar-refractivity contribution in [3.8, 4) is 0 Å². The molecule has 3 N–H and O–H groups in total. The number of benzene rings is 1. The molecule has 1 aliphatic rings. The van der Waals surface area contributed by atoms with E-state index in [1.165, 1.54) is 0 Å². The van der Waals surface area contributed by atoms with Gasteiger partial charge in [-0.15, -0.1) is 0 Å². The molecule has 0 bridgehead atoms. The molecule has 1 aliphatic heterocycles. The van der Waals surface area contributed by atoms with Gasteiger partial charge in [-0.1, -0.05) is 18.2 Å². The number of hydrogen-bond donors (Lipinski definition) is 3. The second-order valence-electron chi connectivity index (χ2n) is 4.01. The monoisotopic (exact) mass is 254 g/mol. The van der Waals surface area contributed by atoms with Crippen molar-refractivity contribution in [1.82, 2.24) is 0 Å². The van der Waals surface area contributed by atoms with Crippen LogP contribution in [-0.2, 0) is 9.47 Å². The molecule has 0 aliphatic carbocycles. The van der Waals surface area contributed by atoms with Gasteiger partial charge in [0.25, 0.3) is 0 Å². The highest BCUT2D eigenvalue weighted by Gasteiger charge is 2.42. The fraction of sp³-hybridized carbons (Fsp3) is 0.417. The van der Waals surface area contributed by atoms with Crippen LogP contribution in [0.1, 0.15) is 10.4 Å². The first-order valence-electron chi connectivity index (χ1n) is 5.51. The lowest BCUT2D eigenvalue weighted by Gasteiger charge is -2.14. The van der Waals surface area contributed by atoms with Crippen molar-refractivity contribution >= 4 is 5.97 Å². The summed E-state index contributed by atoms with van der Waals surface area (Å²) in [5.41, 5.74) is 0.381. The summed E-state index contributed by atoms with van der Waals surface area (Å²) in [6.45, 7) is -0.233. The van der Waals surface area contributed by atoms with Crippen molar-refractivity contribution in [3.05, 3.63) is 35.9 Å². The number of carbonyl (C=O) groups excluding carboxylic acids is 1. The number of aliphatic hydroxyl groups is 3. The van der Waals surface area contributed by atoms with Gasteiger partial charge < -0.3 is 24.8 Å². The van der Waals surface area contributed by atoms with E-state index in [1.54, 1.807) is 30.3 Å². The van der Waals surface area contributed by atoms with E-state index in [-0.39, 0.29) is 6.61 Å². The lowest BCUT2D eigenvalue weighted by molar-refractivity contribution is -0.133. The zero-order valence-electron chi connectivity index (χ0n) is 9.47. The molecular weight excluding hydrogens is 240 g/mol. The summed E-state index contributed by atoms with van der Waals surface area (Å²) < 4.78 is 9.78. The summed E-state index contributed by atoms with van der Waals surface area (Å²) in [7, 11) is 0. The number of rotatable bonds is 3. The van der Waals surface area contributed by atoms with Crippen molar-refractivity contribution in [2.45, 2.75) is 24.6 Å². The molecule has 0 aromatic heterocycles. The van der Waals surface area contributed by atoms with Crippen molar-refractivity contribution in [1.29, 1.82) is 0 Å². The average Bonchev–Trinajstić information content (AvgIpc) is 2.64. The Morgan fingerprint density at radius 3 is 2.39 bits per heavy atom. The summed E-state index contributed by atoms with van der Waals surface area (Å²) in [6, 6.07) is 8.36. The Kier molecular flexibility index (Phi) is 3.93. The predicted molar refractivity (Wildman–Crippen MR) is 59.6 cm³/mol. The van der Waals surface area contributed by atoms with Crippen molar-refractivity contribution < 1.29 is 29.6 Å². The Bertz CT molecular complexity index is 406. The van der Waals surface area contributed by atoms with Crippen LogP contribution in [-0.4, -0.2) is 52.5 Å². The Morgan fingerprint density at radius 2 is 1.83 bits per heavy atom. The van der Waals surface area contributed by atoms with Crippen molar-refractivity contribution in [2.24, 2.45) is 0 Å². The van der Waals surface area contributed by atoms with Crippen LogP contribution in [0.25, 0.3) is 0 Å². The van der Waals surface area contributed by atoms with E-state index in [9.17, 15) is 15.0 Å². The van der Waals surface area contributed by atoms with E-state index in [0.717, 1.165) is 0 Å². The fourth-order valence-electron chi connectivity index (χ4n) is 1.68. The Morgan fingerprint density at radius 1 is 1.17 bits per heavy atom. The molecule has 0 spiro atoms. The molecule has 1 heterocycles. The first-order chi connectivity index (χ1) is 8.59. The second-order valence-corrected chi connectivity index (χ2v) is 4.01. The number of esters is 1. The zero-order chi connectivity index (χ0) is 13.1. The van der Waals surface area contributed by atoms with E-state index < -0.39 is 30.6 Å². The Balaban J connectivity index is 1.88. The first kappa shape index (κ1) is 13.0. The molecule has 0 amide bonds. The molecule has 0 radical (unpaired) electrons. The Hall–Kier alpha value is -1.47. The fourth-order valence-corrected chi connectivity index (χ4v) is 1.68. The van der Waals surface area contributed by atoms with Gasteiger partial charge in [0, 0.05) is 0 Å². The number of carbonyl (C=O) groups is 1. The van der Waals surface area contributed by atoms with E-state index in [2.05, 4.69) is 0 Å². The van der Waals surface area contributed by atoms with Crippen molar-refractivity contribution in [3.63, 3.8) is 0 Å². The summed E-state index contributed by atoms with van der Waals surface area (Å²) in [4.78, 5) is 11.6. The van der Waals surface area contributed by atoms with Crippen LogP contribution >= 0.6 is 0 Å². The minimum atomic E-state index is -1.46. The van der Waals surface area contributed by atoms with Gasteiger partial charge in [-0.3, -0.25) is 0 Å². The van der Waals surface area contributed by atoms with Gasteiger partial charge in [-0.25, -0.2) is 4.79 Å². The van der Waals surface area contributed by atoms with E-state index in [4.69, 9.17) is 14.6 Å². The maximum atomic E-state index is 11.6. The molecule has 1 fully saturated rings. The first-order valence-corrected chi connectivity index (χ1v) is 5.51. The highest BCUT2D eigenvalue weighted by molar-refractivity contribution is 5.89. The van der Waals surface area contributed by atoms with Crippen LogP contribution in [0.2, 0.25) is 0 Å². The third-order valence-electron chi connectivity index (χ3n) is 2.73. The average molecular weight is 254 g/mol. The van der Waals surface area contributed by atoms with Gasteiger partial charge in [-0.2, -0.15) is 0 Å². The number of ether oxygens (including phenoxy) is 2. The maximum absolute atomic E-state index is 11.6. The predicted octanol–water partition coefficient (Wildman–Crippen LogP) is -0.718. The standard InChI is InChI=1S/C12H14O6/c13-9-8(18-12(16)10(9)14)6-17-11(15)7-4-2-1-3-5-7/h1-5,8-10,12-14,16H,6H2/t8-,9-,10+,12+/m0/s1. The van der Waals surface area contributed by atoms with Crippen LogP contribution in [0.5, 0.6) is 0 Å². The summed E-state index contributed by atoms with van der Waals surface area (Å²) in [5, 5.41) is 27.9. The molecular formula is C12H14O6. The van der Waals surface area contributed by atoms with Crippen LogP contribution in [0.3, 0.4) is 0 Å². The third kappa shape index (κ3) is 2.68. The number of hydrogen-bond acceptors (Lipinski definition) is 6. The van der Waals surface area contributed by atoms with E-state index in [0.29, 0.717) is 5.56 Å². The zero-order valence-corrected chi connectivity index (χ0v) is 9.47. The molecule has 0 unspecified atom stereocenters. The summed E-state index contributed by atoms with van der Waals surface area (Å²) >= 11 is 0. The highest BCUT2D eigenvalue weighted by Crippen LogP contribution is 2.20. The summed E-state index contributed by atoms with van der Waals surface area (Å²) in [6.07, 6.45) is -5.04. The Labute approximate surface area is 103 Å². The molecule has 0 saturated carbocycles. The summed E-state index contributed by atoms with van der Waals surface area (Å²) in [5.74, 6) is -0.553. The SMILES string of the molecule is O=C(OC[C@@H]1O[C@@H](O)[C@H](O)[C@H]1O)c1ccccc1. The van der Waals surface area contributed by atoms with Gasteiger partial charge in [0.2, 0.25) is 0 Å². The van der Waals surface area contributed by atoms with E-state index >= 15 is 0 Å². The molecule has 1 saturated heterocycles. The van der Waals surface area contributed by atoms with Crippen LogP contribution in [0.15, 0.2) is 30.3 Å².